The van der Waals surface area contributed by atoms with E-state index in [1.807, 2.05) is 35.8 Å². The van der Waals surface area contributed by atoms with Crippen molar-refractivity contribution in [2.45, 2.75) is 40.3 Å². The van der Waals surface area contributed by atoms with Crippen LogP contribution in [-0.2, 0) is 20.1 Å². The lowest BCUT2D eigenvalue weighted by Gasteiger charge is -2.22. The molecule has 7 heteroatoms. The molecule has 1 N–H and O–H groups in total. The average molecular weight is 431 g/mol. The van der Waals surface area contributed by atoms with Gasteiger partial charge in [0, 0.05) is 13.5 Å². The van der Waals surface area contributed by atoms with Crippen LogP contribution < -0.4 is 20.7 Å². The van der Waals surface area contributed by atoms with Gasteiger partial charge in [-0.05, 0) is 49.6 Å². The fraction of sp³-hybridized carbons (Fsp3) is 0.320. The third-order valence-corrected chi connectivity index (χ3v) is 6.28. The van der Waals surface area contributed by atoms with Crippen molar-refractivity contribution in [3.8, 4) is 0 Å². The minimum Gasteiger partial charge on any atom is -0.267 e. The molecule has 1 aliphatic rings. The van der Waals surface area contributed by atoms with Gasteiger partial charge in [0.25, 0.3) is 5.56 Å². The molecule has 0 fully saturated rings. The van der Waals surface area contributed by atoms with E-state index in [4.69, 9.17) is 0 Å². The van der Waals surface area contributed by atoms with Crippen LogP contribution in [0.4, 0.5) is 11.6 Å². The highest BCUT2D eigenvalue weighted by Crippen LogP contribution is 2.27. The number of nitrogens with one attached hydrogen (secondary N) is 1. The Morgan fingerprint density at radius 3 is 2.34 bits per heavy atom. The number of fused-ring (bicyclic) bond motifs is 3. The van der Waals surface area contributed by atoms with Crippen molar-refractivity contribution < 1.29 is 4.57 Å². The zero-order chi connectivity index (χ0) is 22.6. The maximum Gasteiger partial charge on any atom is 0.364 e. The molecule has 164 valence electrons. The number of rotatable bonds is 3. The number of H-pyrrole nitrogens is 1. The number of anilines is 2. The van der Waals surface area contributed by atoms with Gasteiger partial charge in [-0.2, -0.15) is 0 Å². The summed E-state index contributed by atoms with van der Waals surface area (Å²) >= 11 is 0. The normalized spacial score (nSPS) is 13.6. The summed E-state index contributed by atoms with van der Waals surface area (Å²) in [5, 5.41) is 0. The van der Waals surface area contributed by atoms with Crippen molar-refractivity contribution in [1.29, 1.82) is 0 Å². The van der Waals surface area contributed by atoms with Crippen molar-refractivity contribution in [1.82, 2.24) is 14.1 Å². The lowest BCUT2D eigenvalue weighted by molar-refractivity contribution is -0.663. The molecule has 0 aliphatic carbocycles. The van der Waals surface area contributed by atoms with E-state index in [0.29, 0.717) is 11.2 Å². The van der Waals surface area contributed by atoms with Gasteiger partial charge in [-0.3, -0.25) is 13.9 Å². The molecule has 2 aromatic carbocycles. The Balaban J connectivity index is 1.70. The number of aromatic nitrogens is 4. The molecule has 0 saturated heterocycles. The predicted molar refractivity (Wildman–Crippen MR) is 126 cm³/mol. The highest BCUT2D eigenvalue weighted by atomic mass is 16.2. The lowest BCUT2D eigenvalue weighted by atomic mass is 10.1. The van der Waals surface area contributed by atoms with E-state index in [-0.39, 0.29) is 17.8 Å². The maximum absolute atomic E-state index is 13.5. The first kappa shape index (κ1) is 20.3. The molecule has 0 atom stereocenters. The predicted octanol–water partition coefficient (Wildman–Crippen LogP) is 2.83. The first-order valence-corrected chi connectivity index (χ1v) is 11.0. The zero-order valence-corrected chi connectivity index (χ0v) is 19.0. The monoisotopic (exact) mass is 430 g/mol. The first-order chi connectivity index (χ1) is 15.3. The number of aromatic amines is 1. The van der Waals surface area contributed by atoms with Crippen molar-refractivity contribution >= 4 is 22.8 Å². The number of hydrogen-bond donors (Lipinski definition) is 1. The number of benzene rings is 2. The molecule has 4 aromatic rings. The summed E-state index contributed by atoms with van der Waals surface area (Å²) in [5.41, 5.74) is 6.09. The van der Waals surface area contributed by atoms with Crippen molar-refractivity contribution in [2.24, 2.45) is 7.05 Å². The van der Waals surface area contributed by atoms with Crippen molar-refractivity contribution in [2.75, 3.05) is 11.4 Å². The van der Waals surface area contributed by atoms with Crippen molar-refractivity contribution in [3.63, 3.8) is 0 Å². The summed E-state index contributed by atoms with van der Waals surface area (Å²) in [6.45, 7) is 8.03. The quantitative estimate of drug-likeness (QED) is 0.509. The largest absolute Gasteiger partial charge is 0.364 e. The van der Waals surface area contributed by atoms with Gasteiger partial charge in [0.15, 0.2) is 0 Å². The molecule has 7 nitrogen and oxygen atoms in total. The van der Waals surface area contributed by atoms with Crippen LogP contribution in [0.3, 0.4) is 0 Å². The molecule has 0 amide bonds. The highest BCUT2D eigenvalue weighted by molar-refractivity contribution is 5.70. The molecule has 2 aromatic heterocycles. The van der Waals surface area contributed by atoms with Gasteiger partial charge >= 0.3 is 11.6 Å². The van der Waals surface area contributed by atoms with E-state index in [2.05, 4.69) is 41.9 Å². The van der Waals surface area contributed by atoms with Crippen LogP contribution in [0.1, 0.15) is 28.7 Å². The van der Waals surface area contributed by atoms with Gasteiger partial charge in [-0.25, -0.2) is 19.2 Å². The Morgan fingerprint density at radius 2 is 1.66 bits per heavy atom. The number of aryl methyl sites for hydroxylation is 5. The molecule has 3 heterocycles. The number of imidazole rings is 1. The Bertz CT molecular complexity index is 1440. The third-order valence-electron chi connectivity index (χ3n) is 6.28. The van der Waals surface area contributed by atoms with E-state index >= 15 is 0 Å². The smallest absolute Gasteiger partial charge is 0.267 e. The van der Waals surface area contributed by atoms with Gasteiger partial charge in [0.05, 0.1) is 19.6 Å². The summed E-state index contributed by atoms with van der Waals surface area (Å²) in [6.07, 6.45) is 0.915. The van der Waals surface area contributed by atoms with E-state index in [1.54, 1.807) is 11.6 Å². The summed E-state index contributed by atoms with van der Waals surface area (Å²) in [6, 6.07) is 14.4. The van der Waals surface area contributed by atoms with E-state index in [1.165, 1.54) is 15.7 Å². The Kier molecular flexibility index (Phi) is 4.77. The number of hydrogen-bond acceptors (Lipinski definition) is 3. The van der Waals surface area contributed by atoms with Crippen LogP contribution in [0.15, 0.2) is 52.1 Å². The Morgan fingerprint density at radius 1 is 0.969 bits per heavy atom. The first-order valence-electron chi connectivity index (χ1n) is 11.0. The van der Waals surface area contributed by atoms with Crippen LogP contribution in [0, 0.1) is 20.8 Å². The average Bonchev–Trinajstić information content (AvgIpc) is 3.16. The number of nitrogens with zero attached hydrogens (tertiary/aromatic N) is 4. The summed E-state index contributed by atoms with van der Waals surface area (Å²) in [7, 11) is 1.72. The molecule has 0 bridgehead atoms. The van der Waals surface area contributed by atoms with Crippen molar-refractivity contribution in [3.05, 3.63) is 85.6 Å². The topological polar surface area (TPSA) is 66.9 Å². The van der Waals surface area contributed by atoms with E-state index in [9.17, 15) is 9.59 Å². The van der Waals surface area contributed by atoms with Crippen LogP contribution in [0.5, 0.6) is 0 Å². The standard InChI is InChI=1S/C25H27N5O2/c1-16-6-8-19(9-7-16)15-30-23(31)21-22(27(4)25(30)32)26-24-28(10-5-11-29(21)24)20-13-17(2)12-18(3)14-20/h6-9,12-14H,5,10-11,15H2,1-4H3/p+1. The van der Waals surface area contributed by atoms with Gasteiger partial charge < -0.3 is 0 Å². The fourth-order valence-electron chi connectivity index (χ4n) is 4.71. The SMILES string of the molecule is Cc1ccc(Cn2c(=O)c3c([nH]c4[n+]3CCCN4c3cc(C)cc(C)c3)n(C)c2=O)cc1. The Hall–Kier alpha value is -3.61. The minimum absolute atomic E-state index is 0.253. The lowest BCUT2D eigenvalue weighted by Crippen LogP contribution is -2.49. The molecular formula is C25H28N5O2+. The van der Waals surface area contributed by atoms with Gasteiger partial charge in [-0.15, -0.1) is 0 Å². The Labute approximate surface area is 186 Å². The molecule has 0 radical (unpaired) electrons. The summed E-state index contributed by atoms with van der Waals surface area (Å²) in [4.78, 5) is 32.3. The fourth-order valence-corrected chi connectivity index (χ4v) is 4.71. The summed E-state index contributed by atoms with van der Waals surface area (Å²) < 4.78 is 4.92. The van der Waals surface area contributed by atoms with E-state index in [0.717, 1.165) is 42.3 Å². The van der Waals surface area contributed by atoms with Gasteiger partial charge in [0.2, 0.25) is 11.2 Å². The van der Waals surface area contributed by atoms with Crippen LogP contribution in [-0.4, -0.2) is 20.7 Å². The van der Waals surface area contributed by atoms with Crippen LogP contribution in [0.25, 0.3) is 11.2 Å². The second kappa shape index (κ2) is 7.51. The maximum atomic E-state index is 13.5. The van der Waals surface area contributed by atoms with Gasteiger partial charge in [0.1, 0.15) is 5.69 Å². The molecule has 0 spiro atoms. The summed E-state index contributed by atoms with van der Waals surface area (Å²) in [5.74, 6) is 0.844. The van der Waals surface area contributed by atoms with E-state index < -0.39 is 0 Å². The minimum atomic E-state index is -0.319. The van der Waals surface area contributed by atoms with Crippen LogP contribution in [0.2, 0.25) is 0 Å². The second-order valence-electron chi connectivity index (χ2n) is 8.87. The van der Waals surface area contributed by atoms with Gasteiger partial charge in [-0.1, -0.05) is 35.9 Å². The third kappa shape index (κ3) is 3.25. The molecule has 0 saturated carbocycles. The molecule has 5 rings (SSSR count). The molecule has 0 unspecified atom stereocenters. The zero-order valence-electron chi connectivity index (χ0n) is 19.0. The highest BCUT2D eigenvalue weighted by Gasteiger charge is 2.33. The molecular weight excluding hydrogens is 402 g/mol. The van der Waals surface area contributed by atoms with Crippen LogP contribution >= 0.6 is 0 Å². The second-order valence-corrected chi connectivity index (χ2v) is 8.87. The molecule has 1 aliphatic heterocycles. The molecule has 32 heavy (non-hydrogen) atoms.